The standard InChI is InChI=1S/C18H21BrF2N2O2/c1-3-10-6-11-7-12(17(20)21)8-13(19)16(11)23-18(10)22-14-4-5-25-9-15(14)24-2/h6-8,14-15,17H,3-5,9H2,1-2H3,(H,22,23)/t14-,15-/m1/s1. The third-order valence-electron chi connectivity index (χ3n) is 4.53. The van der Waals surface area contributed by atoms with Crippen LogP contribution in [-0.4, -0.2) is 37.5 Å². The molecule has 1 fully saturated rings. The van der Waals surface area contributed by atoms with Crippen LogP contribution in [0.25, 0.3) is 10.9 Å². The number of hydrogen-bond acceptors (Lipinski definition) is 4. The number of ether oxygens (including phenoxy) is 2. The number of rotatable bonds is 5. The van der Waals surface area contributed by atoms with Crippen LogP contribution in [-0.2, 0) is 15.9 Å². The van der Waals surface area contributed by atoms with E-state index < -0.39 is 6.43 Å². The molecule has 1 aromatic heterocycles. The molecule has 0 unspecified atom stereocenters. The van der Waals surface area contributed by atoms with Gasteiger partial charge in [0.2, 0.25) is 0 Å². The summed E-state index contributed by atoms with van der Waals surface area (Å²) in [6.45, 7) is 3.25. The van der Waals surface area contributed by atoms with Crippen molar-refractivity contribution < 1.29 is 18.3 Å². The maximum atomic E-state index is 13.0. The Hall–Kier alpha value is -1.31. The Labute approximate surface area is 154 Å². The Morgan fingerprint density at radius 1 is 1.40 bits per heavy atom. The van der Waals surface area contributed by atoms with E-state index in [0.29, 0.717) is 28.6 Å². The lowest BCUT2D eigenvalue weighted by molar-refractivity contribution is -0.0367. The number of aromatic nitrogens is 1. The molecular weight excluding hydrogens is 394 g/mol. The number of fused-ring (bicyclic) bond motifs is 1. The Morgan fingerprint density at radius 3 is 2.88 bits per heavy atom. The van der Waals surface area contributed by atoms with E-state index in [1.165, 1.54) is 12.1 Å². The fourth-order valence-electron chi connectivity index (χ4n) is 3.12. The fraction of sp³-hybridized carbons (Fsp3) is 0.500. The smallest absolute Gasteiger partial charge is 0.263 e. The van der Waals surface area contributed by atoms with Gasteiger partial charge in [-0.1, -0.05) is 6.92 Å². The van der Waals surface area contributed by atoms with Gasteiger partial charge in [-0.05, 0) is 52.5 Å². The zero-order chi connectivity index (χ0) is 18.0. The predicted octanol–water partition coefficient (Wildman–Crippen LogP) is 4.71. The molecule has 0 amide bonds. The molecule has 0 aliphatic carbocycles. The minimum absolute atomic E-state index is 0.00665. The van der Waals surface area contributed by atoms with Crippen LogP contribution in [0, 0.1) is 0 Å². The highest BCUT2D eigenvalue weighted by Gasteiger charge is 2.26. The minimum Gasteiger partial charge on any atom is -0.379 e. The van der Waals surface area contributed by atoms with E-state index in [0.717, 1.165) is 24.2 Å². The van der Waals surface area contributed by atoms with Crippen molar-refractivity contribution in [1.82, 2.24) is 4.98 Å². The van der Waals surface area contributed by atoms with Crippen molar-refractivity contribution in [3.63, 3.8) is 0 Å². The van der Waals surface area contributed by atoms with Crippen molar-refractivity contribution in [2.24, 2.45) is 0 Å². The second-order valence-corrected chi connectivity index (χ2v) is 6.97. The maximum Gasteiger partial charge on any atom is 0.263 e. The first-order valence-corrected chi connectivity index (χ1v) is 9.11. The lowest BCUT2D eigenvalue weighted by atomic mass is 10.0. The van der Waals surface area contributed by atoms with Gasteiger partial charge in [0, 0.05) is 29.1 Å². The number of alkyl halides is 2. The van der Waals surface area contributed by atoms with Crippen LogP contribution in [0.3, 0.4) is 0 Å². The van der Waals surface area contributed by atoms with Crippen LogP contribution in [0.5, 0.6) is 0 Å². The monoisotopic (exact) mass is 414 g/mol. The average molecular weight is 415 g/mol. The topological polar surface area (TPSA) is 43.4 Å². The molecule has 1 N–H and O–H groups in total. The van der Waals surface area contributed by atoms with Crippen LogP contribution < -0.4 is 5.32 Å². The molecule has 4 nitrogen and oxygen atoms in total. The van der Waals surface area contributed by atoms with Crippen molar-refractivity contribution in [2.45, 2.75) is 38.3 Å². The first-order valence-electron chi connectivity index (χ1n) is 8.31. The third-order valence-corrected chi connectivity index (χ3v) is 5.14. The van der Waals surface area contributed by atoms with Crippen molar-refractivity contribution in [3.8, 4) is 0 Å². The number of nitrogens with one attached hydrogen (secondary N) is 1. The van der Waals surface area contributed by atoms with Gasteiger partial charge in [-0.15, -0.1) is 0 Å². The van der Waals surface area contributed by atoms with Gasteiger partial charge in [-0.3, -0.25) is 0 Å². The van der Waals surface area contributed by atoms with Gasteiger partial charge in [-0.2, -0.15) is 0 Å². The van der Waals surface area contributed by atoms with Gasteiger partial charge in [0.1, 0.15) is 11.9 Å². The van der Waals surface area contributed by atoms with E-state index in [1.54, 1.807) is 7.11 Å². The van der Waals surface area contributed by atoms with E-state index in [9.17, 15) is 8.78 Å². The molecule has 0 spiro atoms. The van der Waals surface area contributed by atoms with E-state index >= 15 is 0 Å². The van der Waals surface area contributed by atoms with Crippen LogP contribution in [0.2, 0.25) is 0 Å². The van der Waals surface area contributed by atoms with Crippen molar-refractivity contribution in [2.75, 3.05) is 25.6 Å². The van der Waals surface area contributed by atoms with E-state index in [1.807, 2.05) is 13.0 Å². The summed E-state index contributed by atoms with van der Waals surface area (Å²) in [6.07, 6.45) is -0.968. The number of anilines is 1. The van der Waals surface area contributed by atoms with Gasteiger partial charge < -0.3 is 14.8 Å². The summed E-state index contributed by atoms with van der Waals surface area (Å²) in [5.74, 6) is 0.773. The molecule has 25 heavy (non-hydrogen) atoms. The number of pyridine rings is 1. The molecule has 0 bridgehead atoms. The molecule has 2 aromatic rings. The van der Waals surface area contributed by atoms with Crippen LogP contribution in [0.4, 0.5) is 14.6 Å². The fourth-order valence-corrected chi connectivity index (χ4v) is 3.70. The van der Waals surface area contributed by atoms with Crippen LogP contribution in [0.1, 0.15) is 30.9 Å². The van der Waals surface area contributed by atoms with E-state index in [4.69, 9.17) is 14.5 Å². The molecule has 3 rings (SSSR count). The van der Waals surface area contributed by atoms with E-state index in [-0.39, 0.29) is 17.7 Å². The summed E-state index contributed by atoms with van der Waals surface area (Å²) in [5, 5.41) is 4.18. The highest BCUT2D eigenvalue weighted by atomic mass is 79.9. The second kappa shape index (κ2) is 7.93. The number of benzene rings is 1. The molecule has 1 aromatic carbocycles. The molecule has 2 heterocycles. The Morgan fingerprint density at radius 2 is 2.20 bits per heavy atom. The van der Waals surface area contributed by atoms with Gasteiger partial charge >= 0.3 is 0 Å². The molecule has 2 atom stereocenters. The van der Waals surface area contributed by atoms with Gasteiger partial charge in [0.05, 0.1) is 18.2 Å². The molecule has 136 valence electrons. The van der Waals surface area contributed by atoms with Gasteiger partial charge in [0.15, 0.2) is 0 Å². The first kappa shape index (κ1) is 18.5. The summed E-state index contributed by atoms with van der Waals surface area (Å²) < 4.78 is 37.6. The second-order valence-electron chi connectivity index (χ2n) is 6.11. The van der Waals surface area contributed by atoms with Crippen LogP contribution in [0.15, 0.2) is 22.7 Å². The number of nitrogens with zero attached hydrogens (tertiary/aromatic N) is 1. The summed E-state index contributed by atoms with van der Waals surface area (Å²) in [7, 11) is 1.67. The summed E-state index contributed by atoms with van der Waals surface area (Å²) in [4.78, 5) is 4.71. The number of aryl methyl sites for hydroxylation is 1. The Balaban J connectivity index is 2.00. The molecule has 1 aliphatic rings. The number of methoxy groups -OCH3 is 1. The van der Waals surface area contributed by atoms with Crippen molar-refractivity contribution >= 4 is 32.7 Å². The van der Waals surface area contributed by atoms with Gasteiger partial charge in [0.25, 0.3) is 6.43 Å². The quantitative estimate of drug-likeness (QED) is 0.768. The number of hydrogen-bond donors (Lipinski definition) is 1. The third kappa shape index (κ3) is 3.93. The van der Waals surface area contributed by atoms with Crippen LogP contribution >= 0.6 is 15.9 Å². The SMILES string of the molecule is CCc1cc2cc(C(F)F)cc(Br)c2nc1N[C@@H]1CCOC[C@H]1OC. The minimum atomic E-state index is -2.51. The summed E-state index contributed by atoms with van der Waals surface area (Å²) in [5.41, 5.74) is 1.66. The lowest BCUT2D eigenvalue weighted by Crippen LogP contribution is -2.43. The Bertz CT molecular complexity index is 757. The molecule has 0 saturated carbocycles. The van der Waals surface area contributed by atoms with Gasteiger partial charge in [-0.25, -0.2) is 13.8 Å². The summed E-state index contributed by atoms with van der Waals surface area (Å²) in [6, 6.07) is 4.98. The summed E-state index contributed by atoms with van der Waals surface area (Å²) >= 11 is 3.38. The largest absolute Gasteiger partial charge is 0.379 e. The Kier molecular flexibility index (Phi) is 5.86. The number of halogens is 3. The highest BCUT2D eigenvalue weighted by Crippen LogP contribution is 2.32. The van der Waals surface area contributed by atoms with Crippen molar-refractivity contribution in [3.05, 3.63) is 33.8 Å². The molecular formula is C18H21BrF2N2O2. The molecule has 1 saturated heterocycles. The molecule has 0 radical (unpaired) electrons. The maximum absolute atomic E-state index is 13.0. The zero-order valence-corrected chi connectivity index (χ0v) is 15.8. The molecule has 7 heteroatoms. The average Bonchev–Trinajstić information content (AvgIpc) is 2.61. The first-order chi connectivity index (χ1) is 12.0. The zero-order valence-electron chi connectivity index (χ0n) is 14.2. The van der Waals surface area contributed by atoms with E-state index in [2.05, 4.69) is 21.2 Å². The molecule has 1 aliphatic heterocycles. The normalized spacial score (nSPS) is 21.0. The van der Waals surface area contributed by atoms with Crippen molar-refractivity contribution in [1.29, 1.82) is 0 Å². The highest BCUT2D eigenvalue weighted by molar-refractivity contribution is 9.10. The lowest BCUT2D eigenvalue weighted by Gasteiger charge is -2.32. The predicted molar refractivity (Wildman–Crippen MR) is 97.4 cm³/mol.